The van der Waals surface area contributed by atoms with Crippen LogP contribution in [0, 0.1) is 6.92 Å². The lowest BCUT2D eigenvalue weighted by Gasteiger charge is -2.00. The molecule has 5 heteroatoms. The molecule has 0 amide bonds. The molecular formula is C9H8BrN3S. The van der Waals surface area contributed by atoms with Crippen molar-refractivity contribution in [1.82, 2.24) is 9.36 Å². The van der Waals surface area contributed by atoms with E-state index in [1.807, 2.05) is 25.1 Å². The first-order chi connectivity index (χ1) is 6.74. The second kappa shape index (κ2) is 4.06. The zero-order valence-corrected chi connectivity index (χ0v) is 9.89. The molecule has 3 nitrogen and oxygen atoms in total. The van der Waals surface area contributed by atoms with E-state index in [9.17, 15) is 0 Å². The van der Waals surface area contributed by atoms with Gasteiger partial charge in [-0.1, -0.05) is 15.9 Å². The Labute approximate surface area is 94.5 Å². The van der Waals surface area contributed by atoms with Gasteiger partial charge in [0.05, 0.1) is 5.69 Å². The molecule has 0 aromatic carbocycles. The molecule has 0 saturated carbocycles. The van der Waals surface area contributed by atoms with Crippen molar-refractivity contribution in [2.75, 3.05) is 5.32 Å². The summed E-state index contributed by atoms with van der Waals surface area (Å²) in [5, 5.41) is 4.19. The Morgan fingerprint density at radius 2 is 2.29 bits per heavy atom. The molecule has 2 aromatic rings. The molecule has 0 spiro atoms. The van der Waals surface area contributed by atoms with Crippen LogP contribution in [0.5, 0.6) is 0 Å². The molecule has 0 radical (unpaired) electrons. The van der Waals surface area contributed by atoms with Gasteiger partial charge < -0.3 is 5.32 Å². The van der Waals surface area contributed by atoms with E-state index in [1.165, 1.54) is 11.5 Å². The fourth-order valence-corrected chi connectivity index (χ4v) is 2.03. The molecule has 2 heterocycles. The molecule has 0 saturated heterocycles. The number of aromatic nitrogens is 2. The van der Waals surface area contributed by atoms with Crippen LogP contribution in [-0.2, 0) is 0 Å². The van der Waals surface area contributed by atoms with Crippen molar-refractivity contribution in [1.29, 1.82) is 0 Å². The molecule has 0 aliphatic rings. The first kappa shape index (κ1) is 9.61. The van der Waals surface area contributed by atoms with E-state index < -0.39 is 0 Å². The largest absolute Gasteiger partial charge is 0.331 e. The molecule has 2 rings (SSSR count). The number of hydrogen-bond acceptors (Lipinski definition) is 4. The van der Waals surface area contributed by atoms with Gasteiger partial charge in [0, 0.05) is 10.7 Å². The summed E-state index contributed by atoms with van der Waals surface area (Å²) < 4.78 is 5.19. The predicted octanol–water partition coefficient (Wildman–Crippen LogP) is 3.35. The van der Waals surface area contributed by atoms with Gasteiger partial charge >= 0.3 is 0 Å². The number of nitrogens with zero attached hydrogens (tertiary/aromatic N) is 2. The van der Waals surface area contributed by atoms with Crippen molar-refractivity contribution in [3.05, 3.63) is 34.6 Å². The standard InChI is InChI=1S/C9H8BrN3S/c1-6-4-9(14-13-6)12-8-5-7(10)2-3-11-8/h2-5H,1H3,(H,11,12). The summed E-state index contributed by atoms with van der Waals surface area (Å²) in [5.74, 6) is 0.822. The highest BCUT2D eigenvalue weighted by molar-refractivity contribution is 9.10. The highest BCUT2D eigenvalue weighted by atomic mass is 79.9. The molecule has 0 fully saturated rings. The molecule has 0 bridgehead atoms. The summed E-state index contributed by atoms with van der Waals surface area (Å²) in [6.45, 7) is 1.97. The summed E-state index contributed by atoms with van der Waals surface area (Å²) in [5.41, 5.74) is 1.02. The Morgan fingerprint density at radius 3 is 2.93 bits per heavy atom. The SMILES string of the molecule is Cc1cc(Nc2cc(Br)ccn2)sn1. The number of aryl methyl sites for hydroxylation is 1. The fraction of sp³-hybridized carbons (Fsp3) is 0.111. The van der Waals surface area contributed by atoms with Crippen LogP contribution in [0.3, 0.4) is 0 Å². The van der Waals surface area contributed by atoms with Gasteiger partial charge in [-0.05, 0) is 36.7 Å². The summed E-state index contributed by atoms with van der Waals surface area (Å²) in [6.07, 6.45) is 1.75. The maximum Gasteiger partial charge on any atom is 0.132 e. The van der Waals surface area contributed by atoms with Crippen molar-refractivity contribution in [2.24, 2.45) is 0 Å². The van der Waals surface area contributed by atoms with Gasteiger partial charge in [-0.2, -0.15) is 4.37 Å². The summed E-state index contributed by atoms with van der Waals surface area (Å²) in [7, 11) is 0. The number of rotatable bonds is 2. The first-order valence-corrected chi connectivity index (χ1v) is 5.62. The Kier molecular flexibility index (Phi) is 2.79. The number of pyridine rings is 1. The van der Waals surface area contributed by atoms with Crippen molar-refractivity contribution in [3.63, 3.8) is 0 Å². The molecule has 0 unspecified atom stereocenters. The first-order valence-electron chi connectivity index (χ1n) is 4.06. The highest BCUT2D eigenvalue weighted by Crippen LogP contribution is 2.21. The van der Waals surface area contributed by atoms with E-state index in [2.05, 4.69) is 30.6 Å². The lowest BCUT2D eigenvalue weighted by Crippen LogP contribution is -1.89. The van der Waals surface area contributed by atoms with E-state index in [0.717, 1.165) is 21.0 Å². The molecule has 0 aliphatic carbocycles. The van der Waals surface area contributed by atoms with Gasteiger partial charge in [0.2, 0.25) is 0 Å². The van der Waals surface area contributed by atoms with E-state index in [-0.39, 0.29) is 0 Å². The topological polar surface area (TPSA) is 37.8 Å². The minimum Gasteiger partial charge on any atom is -0.331 e. The lowest BCUT2D eigenvalue weighted by atomic mass is 10.4. The predicted molar refractivity (Wildman–Crippen MR) is 62.1 cm³/mol. The molecule has 2 aromatic heterocycles. The molecule has 0 atom stereocenters. The normalized spacial score (nSPS) is 10.1. The maximum absolute atomic E-state index is 4.18. The molecule has 0 aliphatic heterocycles. The van der Waals surface area contributed by atoms with Crippen LogP contribution in [0.25, 0.3) is 0 Å². The van der Waals surface area contributed by atoms with E-state index in [0.29, 0.717) is 0 Å². The summed E-state index contributed by atoms with van der Waals surface area (Å²) in [4.78, 5) is 4.18. The highest BCUT2D eigenvalue weighted by Gasteiger charge is 1.99. The monoisotopic (exact) mass is 269 g/mol. The second-order valence-corrected chi connectivity index (χ2v) is 4.54. The second-order valence-electron chi connectivity index (χ2n) is 2.82. The lowest BCUT2D eigenvalue weighted by molar-refractivity contribution is 1.30. The minimum absolute atomic E-state index is 0.822. The third-order valence-corrected chi connectivity index (χ3v) is 2.89. The Morgan fingerprint density at radius 1 is 1.43 bits per heavy atom. The zero-order valence-electron chi connectivity index (χ0n) is 7.49. The quantitative estimate of drug-likeness (QED) is 0.909. The van der Waals surface area contributed by atoms with Gasteiger partial charge in [0.25, 0.3) is 0 Å². The van der Waals surface area contributed by atoms with E-state index in [1.54, 1.807) is 6.20 Å². The van der Waals surface area contributed by atoms with Crippen LogP contribution in [-0.4, -0.2) is 9.36 Å². The van der Waals surface area contributed by atoms with Crippen LogP contribution in [0.2, 0.25) is 0 Å². The average Bonchev–Trinajstić information content (AvgIpc) is 2.51. The summed E-state index contributed by atoms with van der Waals surface area (Å²) in [6, 6.07) is 5.81. The Hall–Kier alpha value is -0.940. The summed E-state index contributed by atoms with van der Waals surface area (Å²) >= 11 is 4.82. The van der Waals surface area contributed by atoms with Crippen LogP contribution in [0.15, 0.2) is 28.9 Å². The Bertz CT molecular complexity index is 441. The van der Waals surface area contributed by atoms with Crippen LogP contribution < -0.4 is 5.32 Å². The van der Waals surface area contributed by atoms with Gasteiger partial charge in [0.1, 0.15) is 10.8 Å². The fourth-order valence-electron chi connectivity index (χ4n) is 1.02. The number of hydrogen-bond donors (Lipinski definition) is 1. The van der Waals surface area contributed by atoms with Crippen molar-refractivity contribution < 1.29 is 0 Å². The molecule has 14 heavy (non-hydrogen) atoms. The van der Waals surface area contributed by atoms with Crippen molar-refractivity contribution >= 4 is 38.3 Å². The van der Waals surface area contributed by atoms with E-state index in [4.69, 9.17) is 0 Å². The number of nitrogens with one attached hydrogen (secondary N) is 1. The van der Waals surface area contributed by atoms with Gasteiger partial charge in [-0.15, -0.1) is 0 Å². The molecular weight excluding hydrogens is 262 g/mol. The Balaban J connectivity index is 2.18. The zero-order chi connectivity index (χ0) is 9.97. The third kappa shape index (κ3) is 2.30. The van der Waals surface area contributed by atoms with Gasteiger partial charge in [0.15, 0.2) is 0 Å². The number of anilines is 2. The third-order valence-electron chi connectivity index (χ3n) is 1.60. The van der Waals surface area contributed by atoms with Crippen LogP contribution >= 0.6 is 27.5 Å². The van der Waals surface area contributed by atoms with Gasteiger partial charge in [-0.3, -0.25) is 0 Å². The molecule has 72 valence electrons. The van der Waals surface area contributed by atoms with E-state index >= 15 is 0 Å². The van der Waals surface area contributed by atoms with Crippen molar-refractivity contribution in [2.45, 2.75) is 6.92 Å². The molecule has 1 N–H and O–H groups in total. The van der Waals surface area contributed by atoms with Crippen LogP contribution in [0.1, 0.15) is 5.69 Å². The van der Waals surface area contributed by atoms with Crippen LogP contribution in [0.4, 0.5) is 10.8 Å². The average molecular weight is 270 g/mol. The number of halogens is 1. The smallest absolute Gasteiger partial charge is 0.132 e. The van der Waals surface area contributed by atoms with Gasteiger partial charge in [-0.25, -0.2) is 4.98 Å². The maximum atomic E-state index is 4.18. The van der Waals surface area contributed by atoms with Crippen molar-refractivity contribution in [3.8, 4) is 0 Å². The minimum atomic E-state index is 0.822.